The van der Waals surface area contributed by atoms with Crippen LogP contribution in [0.5, 0.6) is 0 Å². The number of piperidine rings is 1. The number of imidazole rings is 1. The molecule has 1 amide bonds. The third kappa shape index (κ3) is 5.87. The first-order valence-corrected chi connectivity index (χ1v) is 10.2. The van der Waals surface area contributed by atoms with Crippen LogP contribution in [0.2, 0.25) is 0 Å². The number of amides is 1. The lowest BCUT2D eigenvalue weighted by atomic mass is 9.95. The van der Waals surface area contributed by atoms with Gasteiger partial charge < -0.3 is 20.0 Å². The SMILES string of the molecule is Cc1cc(C2CCCNC2)oc(=O)c1C(=O)NCCCc1nc2ccccc2[nH]1.Cl.Cl. The molecule has 1 saturated heterocycles. The molecule has 3 heterocycles. The fraction of sp³-hybridized carbons (Fsp3) is 0.409. The van der Waals surface area contributed by atoms with E-state index in [0.717, 1.165) is 55.6 Å². The normalized spacial score (nSPS) is 15.7. The first kappa shape index (κ1) is 24.9. The van der Waals surface area contributed by atoms with Crippen LogP contribution in [0, 0.1) is 6.92 Å². The zero-order chi connectivity index (χ0) is 20.2. The molecule has 1 fully saturated rings. The molecule has 1 aromatic carbocycles. The first-order chi connectivity index (χ1) is 14.1. The van der Waals surface area contributed by atoms with Crippen molar-refractivity contribution in [3.05, 3.63) is 63.5 Å². The molecule has 1 atom stereocenters. The Morgan fingerprint density at radius 2 is 2.10 bits per heavy atom. The maximum atomic E-state index is 12.5. The van der Waals surface area contributed by atoms with Gasteiger partial charge >= 0.3 is 5.63 Å². The van der Waals surface area contributed by atoms with Crippen molar-refractivity contribution in [3.63, 3.8) is 0 Å². The number of hydrogen-bond donors (Lipinski definition) is 3. The summed E-state index contributed by atoms with van der Waals surface area (Å²) >= 11 is 0. The standard InChI is InChI=1S/C22H26N4O3.2ClH/c1-14-12-18(15-6-4-10-23-13-15)29-22(28)20(14)21(27)24-11-5-9-19-25-16-7-2-3-8-17(16)26-19;;/h2-3,7-8,12,15,23H,4-6,9-11,13H2,1H3,(H,24,27)(H,25,26);2*1H. The largest absolute Gasteiger partial charge is 0.427 e. The van der Waals surface area contributed by atoms with Crippen molar-refractivity contribution in [2.45, 2.75) is 38.5 Å². The van der Waals surface area contributed by atoms with E-state index in [2.05, 4.69) is 20.6 Å². The monoisotopic (exact) mass is 466 g/mol. The second-order valence-electron chi connectivity index (χ2n) is 7.60. The Kier molecular flexibility index (Phi) is 9.10. The van der Waals surface area contributed by atoms with Gasteiger partial charge in [0, 0.05) is 25.4 Å². The zero-order valence-electron chi connectivity index (χ0n) is 17.4. The van der Waals surface area contributed by atoms with Crippen LogP contribution in [-0.2, 0) is 6.42 Å². The summed E-state index contributed by atoms with van der Waals surface area (Å²) in [6, 6.07) is 9.71. The molecule has 1 aliphatic heterocycles. The Morgan fingerprint density at radius 1 is 1.29 bits per heavy atom. The molecule has 1 unspecified atom stereocenters. The van der Waals surface area contributed by atoms with Gasteiger partial charge in [-0.1, -0.05) is 12.1 Å². The lowest BCUT2D eigenvalue weighted by molar-refractivity contribution is 0.0948. The highest BCUT2D eigenvalue weighted by atomic mass is 35.5. The van der Waals surface area contributed by atoms with Crippen molar-refractivity contribution in [3.8, 4) is 0 Å². The summed E-state index contributed by atoms with van der Waals surface area (Å²) < 4.78 is 5.49. The number of nitrogens with one attached hydrogen (secondary N) is 3. The molecule has 2 aromatic heterocycles. The molecule has 4 rings (SSSR count). The van der Waals surface area contributed by atoms with Crippen molar-refractivity contribution in [1.29, 1.82) is 0 Å². The number of aryl methyl sites for hydroxylation is 2. The predicted octanol–water partition coefficient (Wildman–Crippen LogP) is 3.50. The van der Waals surface area contributed by atoms with Crippen molar-refractivity contribution in [1.82, 2.24) is 20.6 Å². The number of carbonyl (C=O) groups excluding carboxylic acids is 1. The number of para-hydroxylation sites is 2. The summed E-state index contributed by atoms with van der Waals surface area (Å²) in [5.41, 5.74) is 2.15. The predicted molar refractivity (Wildman–Crippen MR) is 126 cm³/mol. The summed E-state index contributed by atoms with van der Waals surface area (Å²) in [6.45, 7) is 4.05. The number of nitrogens with zero attached hydrogens (tertiary/aromatic N) is 1. The molecule has 0 radical (unpaired) electrons. The molecule has 1 aliphatic rings. The smallest absolute Gasteiger partial charge is 0.349 e. The van der Waals surface area contributed by atoms with Crippen LogP contribution in [0.15, 0.2) is 39.5 Å². The number of benzene rings is 1. The van der Waals surface area contributed by atoms with Crippen molar-refractivity contribution in [2.75, 3.05) is 19.6 Å². The van der Waals surface area contributed by atoms with Gasteiger partial charge in [0.1, 0.15) is 17.1 Å². The van der Waals surface area contributed by atoms with Gasteiger partial charge in [0.05, 0.1) is 11.0 Å². The molecule has 0 spiro atoms. The fourth-order valence-electron chi connectivity index (χ4n) is 3.87. The third-order valence-corrected chi connectivity index (χ3v) is 5.41. The molecule has 31 heavy (non-hydrogen) atoms. The fourth-order valence-corrected chi connectivity index (χ4v) is 3.87. The van der Waals surface area contributed by atoms with Crippen LogP contribution >= 0.6 is 24.8 Å². The number of aromatic amines is 1. The molecule has 3 aromatic rings. The van der Waals surface area contributed by atoms with Gasteiger partial charge in [-0.05, 0) is 56.5 Å². The highest BCUT2D eigenvalue weighted by Crippen LogP contribution is 2.23. The Labute approximate surface area is 193 Å². The Hall–Kier alpha value is -2.35. The van der Waals surface area contributed by atoms with Gasteiger partial charge in [-0.25, -0.2) is 9.78 Å². The minimum absolute atomic E-state index is 0. The number of aromatic nitrogens is 2. The first-order valence-electron chi connectivity index (χ1n) is 10.2. The molecule has 168 valence electrons. The molecule has 0 saturated carbocycles. The van der Waals surface area contributed by atoms with Gasteiger partial charge in [-0.2, -0.15) is 0 Å². The van der Waals surface area contributed by atoms with Crippen LogP contribution < -0.4 is 16.3 Å². The van der Waals surface area contributed by atoms with Crippen molar-refractivity contribution < 1.29 is 9.21 Å². The zero-order valence-corrected chi connectivity index (χ0v) is 19.0. The Bertz CT molecular complexity index is 1040. The number of halogens is 2. The molecule has 0 aliphatic carbocycles. The van der Waals surface area contributed by atoms with Crippen LogP contribution in [0.3, 0.4) is 0 Å². The van der Waals surface area contributed by atoms with E-state index in [1.807, 2.05) is 30.3 Å². The highest BCUT2D eigenvalue weighted by molar-refractivity contribution is 5.95. The van der Waals surface area contributed by atoms with Crippen LogP contribution in [0.25, 0.3) is 11.0 Å². The topological polar surface area (TPSA) is 100 Å². The second-order valence-corrected chi connectivity index (χ2v) is 7.60. The van der Waals surface area contributed by atoms with Gasteiger partial charge in [0.25, 0.3) is 5.91 Å². The lowest BCUT2D eigenvalue weighted by Gasteiger charge is -2.22. The van der Waals surface area contributed by atoms with Gasteiger partial charge in [-0.15, -0.1) is 24.8 Å². The molecule has 3 N–H and O–H groups in total. The van der Waals surface area contributed by atoms with Crippen molar-refractivity contribution in [2.24, 2.45) is 0 Å². The van der Waals surface area contributed by atoms with E-state index in [-0.39, 0.29) is 42.2 Å². The second kappa shape index (κ2) is 11.3. The van der Waals surface area contributed by atoms with E-state index < -0.39 is 5.63 Å². The number of fused-ring (bicyclic) bond motifs is 1. The average molecular weight is 467 g/mol. The van der Waals surface area contributed by atoms with Crippen LogP contribution in [0.4, 0.5) is 0 Å². The van der Waals surface area contributed by atoms with E-state index in [4.69, 9.17) is 4.42 Å². The maximum absolute atomic E-state index is 12.5. The van der Waals surface area contributed by atoms with E-state index in [9.17, 15) is 9.59 Å². The van der Waals surface area contributed by atoms with Gasteiger partial charge in [0.2, 0.25) is 0 Å². The van der Waals surface area contributed by atoms with Gasteiger partial charge in [0.15, 0.2) is 0 Å². The van der Waals surface area contributed by atoms with E-state index in [1.54, 1.807) is 6.92 Å². The third-order valence-electron chi connectivity index (χ3n) is 5.41. The molecular weight excluding hydrogens is 439 g/mol. The minimum Gasteiger partial charge on any atom is -0.427 e. The summed E-state index contributed by atoms with van der Waals surface area (Å²) in [5.74, 6) is 1.37. The van der Waals surface area contributed by atoms with Crippen LogP contribution in [-0.4, -0.2) is 35.5 Å². The highest BCUT2D eigenvalue weighted by Gasteiger charge is 2.22. The Balaban J connectivity index is 0.00000171. The molecule has 0 bridgehead atoms. The van der Waals surface area contributed by atoms with E-state index in [1.165, 1.54) is 0 Å². The molecular formula is C22H28Cl2N4O3. The Morgan fingerprint density at radius 3 is 2.81 bits per heavy atom. The maximum Gasteiger partial charge on any atom is 0.349 e. The number of hydrogen-bond acceptors (Lipinski definition) is 5. The summed E-state index contributed by atoms with van der Waals surface area (Å²) in [6.07, 6.45) is 3.49. The van der Waals surface area contributed by atoms with Crippen LogP contribution in [0.1, 0.15) is 52.7 Å². The summed E-state index contributed by atoms with van der Waals surface area (Å²) in [7, 11) is 0. The summed E-state index contributed by atoms with van der Waals surface area (Å²) in [4.78, 5) is 32.8. The number of carbonyl (C=O) groups is 1. The lowest BCUT2D eigenvalue weighted by Crippen LogP contribution is -2.32. The number of rotatable bonds is 6. The van der Waals surface area contributed by atoms with Gasteiger partial charge in [-0.3, -0.25) is 4.79 Å². The van der Waals surface area contributed by atoms with E-state index >= 15 is 0 Å². The minimum atomic E-state index is -0.555. The van der Waals surface area contributed by atoms with E-state index in [0.29, 0.717) is 17.9 Å². The molecule has 9 heteroatoms. The molecule has 7 nitrogen and oxygen atoms in total. The quantitative estimate of drug-likeness (QED) is 0.482. The van der Waals surface area contributed by atoms with Crippen molar-refractivity contribution >= 4 is 41.8 Å². The average Bonchev–Trinajstić information content (AvgIpc) is 3.14. The number of H-pyrrole nitrogens is 1. The summed E-state index contributed by atoms with van der Waals surface area (Å²) in [5, 5.41) is 6.15.